The van der Waals surface area contributed by atoms with Crippen LogP contribution in [0.5, 0.6) is 0 Å². The van der Waals surface area contributed by atoms with Gasteiger partial charge in [0.25, 0.3) is 0 Å². The number of amides is 1. The lowest BCUT2D eigenvalue weighted by atomic mass is 9.97. The van der Waals surface area contributed by atoms with E-state index in [1.165, 1.54) is 0 Å². The summed E-state index contributed by atoms with van der Waals surface area (Å²) in [6.07, 6.45) is -0.778. The lowest BCUT2D eigenvalue weighted by molar-refractivity contribution is -0.162. The smallest absolute Gasteiger partial charge is 0.410 e. The molecule has 0 aliphatic carbocycles. The normalized spacial score (nSPS) is 11.3. The van der Waals surface area contributed by atoms with Gasteiger partial charge in [0.1, 0.15) is 0 Å². The van der Waals surface area contributed by atoms with Crippen molar-refractivity contribution in [3.05, 3.63) is 0 Å². The van der Waals surface area contributed by atoms with E-state index >= 15 is 0 Å². The molecule has 26 heavy (non-hydrogen) atoms. The Balaban J connectivity index is 3.73. The number of esters is 2. The minimum Gasteiger partial charge on any atom is -0.427 e. The van der Waals surface area contributed by atoms with E-state index in [0.29, 0.717) is 0 Å². The number of rotatable bonds is 7. The predicted octanol–water partition coefficient (Wildman–Crippen LogP) is 2.68. The second kappa shape index (κ2) is 10.9. The summed E-state index contributed by atoms with van der Waals surface area (Å²) in [6, 6.07) is 0. The molecule has 1 N–H and O–H groups in total. The van der Waals surface area contributed by atoms with E-state index in [0.717, 1.165) is 11.8 Å². The molecule has 0 fully saturated rings. The Morgan fingerprint density at radius 2 is 1.23 bits per heavy atom. The number of hydrogen-bond acceptors (Lipinski definition) is 9. The lowest BCUT2D eigenvalue weighted by Gasteiger charge is -2.16. The highest BCUT2D eigenvalue weighted by Gasteiger charge is 2.24. The van der Waals surface area contributed by atoms with E-state index in [1.54, 1.807) is 41.5 Å². The maximum atomic E-state index is 11.5. The maximum Gasteiger partial charge on any atom is 0.410 e. The van der Waals surface area contributed by atoms with Crippen LogP contribution in [-0.4, -0.2) is 49.2 Å². The summed E-state index contributed by atoms with van der Waals surface area (Å²) in [5, 5.41) is 1.74. The number of carbonyl (C=O) groups excluding carboxylic acids is 4. The lowest BCUT2D eigenvalue weighted by Crippen LogP contribution is -2.30. The average Bonchev–Trinajstić information content (AvgIpc) is 2.49. The van der Waals surface area contributed by atoms with Crippen molar-refractivity contribution in [1.82, 2.24) is 5.32 Å². The van der Waals surface area contributed by atoms with Crippen LogP contribution < -0.4 is 5.32 Å². The summed E-state index contributed by atoms with van der Waals surface area (Å²) in [6.45, 7) is 9.25. The van der Waals surface area contributed by atoms with E-state index in [1.807, 2.05) is 0 Å². The summed E-state index contributed by atoms with van der Waals surface area (Å²) >= 11 is 0.802. The van der Waals surface area contributed by atoms with Crippen LogP contribution in [-0.2, 0) is 28.5 Å². The molecule has 0 aromatic rings. The van der Waals surface area contributed by atoms with Gasteiger partial charge in [-0.2, -0.15) is 0 Å². The molecule has 10 heteroatoms. The van der Waals surface area contributed by atoms with Gasteiger partial charge in [-0.05, 0) is 53.3 Å². The summed E-state index contributed by atoms with van der Waals surface area (Å²) < 4.78 is 18.9. The van der Waals surface area contributed by atoms with Crippen molar-refractivity contribution >= 4 is 35.1 Å². The molecule has 0 atom stereocenters. The molecular weight excluding hydrogens is 366 g/mol. The third kappa shape index (κ3) is 11.6. The highest BCUT2D eigenvalue weighted by molar-refractivity contribution is 8.13. The van der Waals surface area contributed by atoms with E-state index in [4.69, 9.17) is 14.2 Å². The number of ether oxygens (including phenoxy) is 4. The Bertz CT molecular complexity index is 461. The van der Waals surface area contributed by atoms with Gasteiger partial charge in [-0.15, -0.1) is 0 Å². The van der Waals surface area contributed by atoms with Gasteiger partial charge < -0.3 is 24.3 Å². The fourth-order valence-electron chi connectivity index (χ4n) is 1.08. The third-order valence-electron chi connectivity index (χ3n) is 2.56. The van der Waals surface area contributed by atoms with E-state index in [9.17, 15) is 19.2 Å². The minimum absolute atomic E-state index is 0.133. The van der Waals surface area contributed by atoms with Crippen molar-refractivity contribution in [3.63, 3.8) is 0 Å². The van der Waals surface area contributed by atoms with Crippen molar-refractivity contribution in [2.75, 3.05) is 25.9 Å². The molecule has 0 rings (SSSR count). The number of carbonyl (C=O) groups is 4. The largest absolute Gasteiger partial charge is 0.427 e. The molecule has 0 aliphatic rings. The van der Waals surface area contributed by atoms with Gasteiger partial charge >= 0.3 is 23.3 Å². The quantitative estimate of drug-likeness (QED) is 0.395. The summed E-state index contributed by atoms with van der Waals surface area (Å²) in [7, 11) is 0. The van der Waals surface area contributed by atoms with Crippen LogP contribution in [0, 0.1) is 10.8 Å². The van der Waals surface area contributed by atoms with Crippen molar-refractivity contribution < 1.29 is 38.1 Å². The molecule has 0 aliphatic heterocycles. The van der Waals surface area contributed by atoms with E-state index < -0.39 is 47.7 Å². The molecule has 9 nitrogen and oxygen atoms in total. The standard InChI is InChI=1S/C16H27NO8S/c1-15(2,3)11(18)22-9-24-13(20)17-7-8-26-14(21)25-10-23-12(19)16(4,5)6/h7-10H2,1-6H3,(H,17,20). The molecular formula is C16H27NO8S. The first-order chi connectivity index (χ1) is 11.8. The van der Waals surface area contributed by atoms with Crippen molar-refractivity contribution in [1.29, 1.82) is 0 Å². The Hall–Kier alpha value is -1.97. The predicted molar refractivity (Wildman–Crippen MR) is 94.3 cm³/mol. The molecule has 1 amide bonds. The minimum atomic E-state index is -0.778. The molecule has 0 saturated carbocycles. The summed E-state index contributed by atoms with van der Waals surface area (Å²) in [5.41, 5.74) is -1.36. The van der Waals surface area contributed by atoms with Gasteiger partial charge in [0, 0.05) is 12.3 Å². The molecule has 150 valence electrons. The van der Waals surface area contributed by atoms with Crippen LogP contribution in [0.25, 0.3) is 0 Å². The van der Waals surface area contributed by atoms with Crippen LogP contribution in [0.2, 0.25) is 0 Å². The zero-order chi connectivity index (χ0) is 20.4. The van der Waals surface area contributed by atoms with E-state index in [-0.39, 0.29) is 12.3 Å². The van der Waals surface area contributed by atoms with Crippen LogP contribution >= 0.6 is 11.8 Å². The molecule has 0 spiro atoms. The van der Waals surface area contributed by atoms with Crippen molar-refractivity contribution in [2.24, 2.45) is 10.8 Å². The van der Waals surface area contributed by atoms with Crippen molar-refractivity contribution in [2.45, 2.75) is 41.5 Å². The van der Waals surface area contributed by atoms with Gasteiger partial charge in [-0.1, -0.05) is 0 Å². The molecule has 0 heterocycles. The van der Waals surface area contributed by atoms with Gasteiger partial charge in [0.2, 0.25) is 13.6 Å². The molecule has 0 aromatic heterocycles. The van der Waals surface area contributed by atoms with Crippen LogP contribution in [0.1, 0.15) is 41.5 Å². The second-order valence-corrected chi connectivity index (χ2v) is 8.23. The van der Waals surface area contributed by atoms with E-state index in [2.05, 4.69) is 10.1 Å². The Morgan fingerprint density at radius 3 is 1.69 bits per heavy atom. The van der Waals surface area contributed by atoms with Crippen LogP contribution in [0.15, 0.2) is 0 Å². The first-order valence-electron chi connectivity index (χ1n) is 7.88. The first kappa shape index (κ1) is 24.0. The number of nitrogens with one attached hydrogen (secondary N) is 1. The number of hydrogen-bond donors (Lipinski definition) is 1. The van der Waals surface area contributed by atoms with Crippen molar-refractivity contribution in [3.8, 4) is 0 Å². The summed E-state index contributed by atoms with van der Waals surface area (Å²) in [4.78, 5) is 45.7. The SMILES string of the molecule is CC(C)(C)C(=O)OCOC(=O)NCCSC(=O)OCOC(=O)C(C)(C)C. The molecule has 0 bridgehead atoms. The molecule has 0 unspecified atom stereocenters. The third-order valence-corrected chi connectivity index (χ3v) is 3.32. The fraction of sp³-hybridized carbons (Fsp3) is 0.750. The van der Waals surface area contributed by atoms with Crippen LogP contribution in [0.3, 0.4) is 0 Å². The highest BCUT2D eigenvalue weighted by Crippen LogP contribution is 2.16. The Morgan fingerprint density at radius 1 is 0.769 bits per heavy atom. The van der Waals surface area contributed by atoms with Gasteiger partial charge in [-0.3, -0.25) is 9.59 Å². The summed E-state index contributed by atoms with van der Waals surface area (Å²) in [5.74, 6) is -0.745. The Kier molecular flexibility index (Phi) is 10.1. The van der Waals surface area contributed by atoms with Gasteiger partial charge in [-0.25, -0.2) is 9.59 Å². The number of thioether (sulfide) groups is 1. The monoisotopic (exact) mass is 393 g/mol. The number of alkyl carbamates (subject to hydrolysis) is 1. The van der Waals surface area contributed by atoms with Gasteiger partial charge in [0.05, 0.1) is 10.8 Å². The molecule has 0 saturated heterocycles. The topological polar surface area (TPSA) is 117 Å². The fourth-order valence-corrected chi connectivity index (χ4v) is 1.58. The molecule has 0 radical (unpaired) electrons. The van der Waals surface area contributed by atoms with Gasteiger partial charge in [0.15, 0.2) is 0 Å². The zero-order valence-corrected chi connectivity index (χ0v) is 16.8. The average molecular weight is 393 g/mol. The zero-order valence-electron chi connectivity index (χ0n) is 16.0. The first-order valence-corrected chi connectivity index (χ1v) is 8.87. The maximum absolute atomic E-state index is 11.5. The van der Waals surface area contributed by atoms with Crippen LogP contribution in [0.4, 0.5) is 9.59 Å². The Labute approximate surface area is 157 Å². The molecule has 0 aromatic carbocycles. The second-order valence-electron chi connectivity index (χ2n) is 7.20. The highest BCUT2D eigenvalue weighted by atomic mass is 32.2.